The van der Waals surface area contributed by atoms with Crippen LogP contribution >= 0.6 is 0 Å². The lowest BCUT2D eigenvalue weighted by Crippen LogP contribution is -2.48. The Balaban J connectivity index is 3.05. The van der Waals surface area contributed by atoms with Crippen molar-refractivity contribution in [2.45, 2.75) is 59.2 Å². The standard InChI is InChI=1S/C14H27N3O/c1-7-16(8-2)14(5,6)13(18)12-9-10-15-17(12)11(3)4/h9-11,13,18H,7-8H2,1-6H3. The van der Waals surface area contributed by atoms with Gasteiger partial charge in [-0.05, 0) is 46.9 Å². The predicted octanol–water partition coefficient (Wildman–Crippen LogP) is 2.62. The molecule has 0 aliphatic rings. The van der Waals surface area contributed by atoms with Gasteiger partial charge in [-0.25, -0.2) is 0 Å². The summed E-state index contributed by atoms with van der Waals surface area (Å²) in [6.07, 6.45) is 1.22. The van der Waals surface area contributed by atoms with Crippen molar-refractivity contribution >= 4 is 0 Å². The molecular weight excluding hydrogens is 226 g/mol. The lowest BCUT2D eigenvalue weighted by atomic mass is 9.92. The molecule has 1 unspecified atom stereocenters. The number of likely N-dealkylation sites (N-methyl/N-ethyl adjacent to an activating group) is 1. The fraction of sp³-hybridized carbons (Fsp3) is 0.786. The summed E-state index contributed by atoms with van der Waals surface area (Å²) in [4.78, 5) is 2.27. The molecule has 1 aromatic heterocycles. The first-order valence-corrected chi connectivity index (χ1v) is 6.82. The van der Waals surface area contributed by atoms with Gasteiger partial charge in [0.05, 0.1) is 5.69 Å². The Hall–Kier alpha value is -0.870. The van der Waals surface area contributed by atoms with E-state index in [0.717, 1.165) is 18.8 Å². The number of nitrogens with zero attached hydrogens (tertiary/aromatic N) is 3. The van der Waals surface area contributed by atoms with Crippen LogP contribution in [0.5, 0.6) is 0 Å². The molecule has 18 heavy (non-hydrogen) atoms. The first-order chi connectivity index (χ1) is 8.36. The van der Waals surface area contributed by atoms with E-state index in [1.165, 1.54) is 0 Å². The maximum atomic E-state index is 10.7. The van der Waals surface area contributed by atoms with E-state index >= 15 is 0 Å². The van der Waals surface area contributed by atoms with Gasteiger partial charge in [-0.3, -0.25) is 9.58 Å². The van der Waals surface area contributed by atoms with Gasteiger partial charge in [0.1, 0.15) is 6.10 Å². The van der Waals surface area contributed by atoms with E-state index < -0.39 is 6.10 Å². The van der Waals surface area contributed by atoms with Crippen LogP contribution in [0.3, 0.4) is 0 Å². The molecule has 1 N–H and O–H groups in total. The van der Waals surface area contributed by atoms with E-state index in [1.54, 1.807) is 6.20 Å². The monoisotopic (exact) mass is 253 g/mol. The highest BCUT2D eigenvalue weighted by atomic mass is 16.3. The number of aliphatic hydroxyl groups is 1. The molecule has 0 bridgehead atoms. The summed E-state index contributed by atoms with van der Waals surface area (Å²) < 4.78 is 1.90. The second kappa shape index (κ2) is 5.85. The van der Waals surface area contributed by atoms with Crippen LogP contribution in [0.2, 0.25) is 0 Å². The highest BCUT2D eigenvalue weighted by Crippen LogP contribution is 2.31. The molecule has 0 aliphatic heterocycles. The Morgan fingerprint density at radius 2 is 1.89 bits per heavy atom. The van der Waals surface area contributed by atoms with Crippen LogP contribution in [0.4, 0.5) is 0 Å². The molecule has 0 saturated heterocycles. The van der Waals surface area contributed by atoms with E-state index in [-0.39, 0.29) is 11.6 Å². The molecule has 0 fully saturated rings. The minimum Gasteiger partial charge on any atom is -0.385 e. The summed E-state index contributed by atoms with van der Waals surface area (Å²) in [5.74, 6) is 0. The van der Waals surface area contributed by atoms with Gasteiger partial charge < -0.3 is 5.11 Å². The van der Waals surface area contributed by atoms with Crippen molar-refractivity contribution in [1.29, 1.82) is 0 Å². The zero-order chi connectivity index (χ0) is 13.9. The molecule has 1 rings (SSSR count). The highest BCUT2D eigenvalue weighted by Gasteiger charge is 2.35. The third kappa shape index (κ3) is 2.75. The third-order valence-electron chi connectivity index (χ3n) is 3.72. The zero-order valence-corrected chi connectivity index (χ0v) is 12.5. The molecule has 104 valence electrons. The smallest absolute Gasteiger partial charge is 0.113 e. The lowest BCUT2D eigenvalue weighted by Gasteiger charge is -2.41. The Labute approximate surface area is 111 Å². The van der Waals surface area contributed by atoms with Gasteiger partial charge in [0.25, 0.3) is 0 Å². The molecular formula is C14H27N3O. The fourth-order valence-electron chi connectivity index (χ4n) is 2.55. The average Bonchev–Trinajstić information content (AvgIpc) is 2.77. The molecule has 0 aromatic carbocycles. The van der Waals surface area contributed by atoms with Crippen LogP contribution in [0, 0.1) is 0 Å². The second-order valence-electron chi connectivity index (χ2n) is 5.52. The maximum Gasteiger partial charge on any atom is 0.113 e. The Morgan fingerprint density at radius 3 is 2.33 bits per heavy atom. The normalized spacial score (nSPS) is 14.5. The van der Waals surface area contributed by atoms with E-state index in [2.05, 4.69) is 51.5 Å². The zero-order valence-electron chi connectivity index (χ0n) is 12.5. The van der Waals surface area contributed by atoms with Crippen molar-refractivity contribution in [2.24, 2.45) is 0 Å². The molecule has 1 atom stereocenters. The fourth-order valence-corrected chi connectivity index (χ4v) is 2.55. The van der Waals surface area contributed by atoms with Crippen LogP contribution in [-0.2, 0) is 0 Å². The summed E-state index contributed by atoms with van der Waals surface area (Å²) in [7, 11) is 0. The molecule has 0 radical (unpaired) electrons. The molecule has 0 saturated carbocycles. The Morgan fingerprint density at radius 1 is 1.33 bits per heavy atom. The predicted molar refractivity (Wildman–Crippen MR) is 74.6 cm³/mol. The summed E-state index contributed by atoms with van der Waals surface area (Å²) in [6.45, 7) is 14.4. The Bertz CT molecular complexity index is 367. The van der Waals surface area contributed by atoms with Crippen molar-refractivity contribution in [3.05, 3.63) is 18.0 Å². The van der Waals surface area contributed by atoms with Crippen LogP contribution in [0.1, 0.15) is 59.4 Å². The second-order valence-corrected chi connectivity index (χ2v) is 5.52. The van der Waals surface area contributed by atoms with Gasteiger partial charge in [-0.1, -0.05) is 13.8 Å². The first kappa shape index (κ1) is 15.2. The summed E-state index contributed by atoms with van der Waals surface area (Å²) in [6, 6.07) is 2.17. The SMILES string of the molecule is CCN(CC)C(C)(C)C(O)c1ccnn1C(C)C. The summed E-state index contributed by atoms with van der Waals surface area (Å²) >= 11 is 0. The minimum absolute atomic E-state index is 0.261. The van der Waals surface area contributed by atoms with E-state index in [4.69, 9.17) is 0 Å². The van der Waals surface area contributed by atoms with Crippen LogP contribution in [-0.4, -0.2) is 38.4 Å². The Kier molecular flexibility index (Phi) is 4.93. The van der Waals surface area contributed by atoms with E-state index in [1.807, 2.05) is 10.7 Å². The number of aromatic nitrogens is 2. The van der Waals surface area contributed by atoms with Crippen LogP contribution < -0.4 is 0 Å². The number of aliphatic hydroxyl groups excluding tert-OH is 1. The quantitative estimate of drug-likeness (QED) is 0.847. The largest absolute Gasteiger partial charge is 0.385 e. The number of hydrogen-bond donors (Lipinski definition) is 1. The molecule has 4 nitrogen and oxygen atoms in total. The topological polar surface area (TPSA) is 41.3 Å². The van der Waals surface area contributed by atoms with Gasteiger partial charge in [-0.15, -0.1) is 0 Å². The van der Waals surface area contributed by atoms with E-state index in [0.29, 0.717) is 0 Å². The maximum absolute atomic E-state index is 10.7. The van der Waals surface area contributed by atoms with Crippen molar-refractivity contribution in [3.63, 3.8) is 0 Å². The number of hydrogen-bond acceptors (Lipinski definition) is 3. The van der Waals surface area contributed by atoms with Gasteiger partial charge in [0.2, 0.25) is 0 Å². The van der Waals surface area contributed by atoms with E-state index in [9.17, 15) is 5.11 Å². The minimum atomic E-state index is -0.540. The van der Waals surface area contributed by atoms with Crippen molar-refractivity contribution < 1.29 is 5.11 Å². The van der Waals surface area contributed by atoms with Crippen molar-refractivity contribution in [2.75, 3.05) is 13.1 Å². The van der Waals surface area contributed by atoms with Gasteiger partial charge in [0, 0.05) is 17.8 Å². The molecule has 0 amide bonds. The summed E-state index contributed by atoms with van der Waals surface area (Å²) in [5.41, 5.74) is 0.595. The molecule has 0 aliphatic carbocycles. The van der Waals surface area contributed by atoms with Gasteiger partial charge in [-0.2, -0.15) is 5.10 Å². The van der Waals surface area contributed by atoms with Crippen LogP contribution in [0.15, 0.2) is 12.3 Å². The van der Waals surface area contributed by atoms with Gasteiger partial charge in [0.15, 0.2) is 0 Å². The molecule has 0 spiro atoms. The lowest BCUT2D eigenvalue weighted by molar-refractivity contribution is -0.0116. The third-order valence-corrected chi connectivity index (χ3v) is 3.72. The van der Waals surface area contributed by atoms with Crippen molar-refractivity contribution in [3.8, 4) is 0 Å². The van der Waals surface area contributed by atoms with Crippen LogP contribution in [0.25, 0.3) is 0 Å². The molecule has 4 heteroatoms. The molecule has 1 aromatic rings. The summed E-state index contributed by atoms with van der Waals surface area (Å²) in [5, 5.41) is 15.0. The first-order valence-electron chi connectivity index (χ1n) is 6.82. The highest BCUT2D eigenvalue weighted by molar-refractivity contribution is 5.11. The number of rotatable bonds is 6. The van der Waals surface area contributed by atoms with Crippen molar-refractivity contribution in [1.82, 2.24) is 14.7 Å². The average molecular weight is 253 g/mol. The van der Waals surface area contributed by atoms with Gasteiger partial charge >= 0.3 is 0 Å². The molecule has 1 heterocycles.